The zero-order valence-electron chi connectivity index (χ0n) is 30.6. The molecular formula is C38H62N2O7. The van der Waals surface area contributed by atoms with Crippen molar-refractivity contribution in [1.29, 1.82) is 0 Å². The second kappa shape index (κ2) is 13.0. The summed E-state index contributed by atoms with van der Waals surface area (Å²) < 4.78 is 10.8. The first-order valence-corrected chi connectivity index (χ1v) is 17.9. The molecule has 47 heavy (non-hydrogen) atoms. The van der Waals surface area contributed by atoms with E-state index >= 15 is 0 Å². The summed E-state index contributed by atoms with van der Waals surface area (Å²) in [5.41, 5.74) is -1.20. The number of aliphatic carboxylic acids is 1. The van der Waals surface area contributed by atoms with E-state index in [0.29, 0.717) is 23.7 Å². The van der Waals surface area contributed by atoms with Crippen LogP contribution in [-0.4, -0.2) is 47.9 Å². The molecule has 5 fully saturated rings. The number of carboxylic acid groups (broad SMARTS) is 1. The summed E-state index contributed by atoms with van der Waals surface area (Å²) in [5.74, 6) is 0.477. The molecule has 5 aliphatic carbocycles. The number of amides is 3. The highest BCUT2D eigenvalue weighted by atomic mass is 16.5. The summed E-state index contributed by atoms with van der Waals surface area (Å²) in [5, 5.41) is 15.1. The SMILES string of the molecule is C=CC.COC(=O)NC(=O)NC12CCCC1C1CCC3C4(C)CCC(OC(=O)CC(C)(C)C(=O)O)C(C)(C)C4CCC3(C)[C@]1(C)CC2. The number of imide groups is 1. The first kappa shape index (κ1) is 37.2. The van der Waals surface area contributed by atoms with E-state index in [1.807, 2.05) is 6.92 Å². The quantitative estimate of drug-likeness (QED) is 0.200. The van der Waals surface area contributed by atoms with Crippen molar-refractivity contribution in [1.82, 2.24) is 10.6 Å². The Labute approximate surface area is 282 Å². The fourth-order valence-corrected chi connectivity index (χ4v) is 12.0. The number of esters is 1. The molecule has 5 aliphatic rings. The van der Waals surface area contributed by atoms with Gasteiger partial charge in [0.05, 0.1) is 18.9 Å². The number of carbonyl (C=O) groups excluding carboxylic acids is 3. The van der Waals surface area contributed by atoms with Crippen molar-refractivity contribution in [2.24, 2.45) is 50.7 Å². The molecule has 266 valence electrons. The number of fused-ring (bicyclic) bond motifs is 7. The molecule has 3 amide bonds. The minimum Gasteiger partial charge on any atom is -0.481 e. The molecule has 9 heteroatoms. The average Bonchev–Trinajstić information content (AvgIpc) is 3.38. The van der Waals surface area contributed by atoms with E-state index in [1.165, 1.54) is 7.11 Å². The lowest BCUT2D eigenvalue weighted by atomic mass is 9.33. The number of hydrogen-bond acceptors (Lipinski definition) is 6. The highest BCUT2D eigenvalue weighted by Crippen LogP contribution is 2.76. The Kier molecular flexibility index (Phi) is 10.3. The predicted molar refractivity (Wildman–Crippen MR) is 181 cm³/mol. The zero-order valence-corrected chi connectivity index (χ0v) is 30.6. The largest absolute Gasteiger partial charge is 0.481 e. The monoisotopic (exact) mass is 658 g/mol. The summed E-state index contributed by atoms with van der Waals surface area (Å²) >= 11 is 0. The van der Waals surface area contributed by atoms with Crippen molar-refractivity contribution in [3.8, 4) is 0 Å². The van der Waals surface area contributed by atoms with Gasteiger partial charge in [-0.2, -0.15) is 0 Å². The van der Waals surface area contributed by atoms with Gasteiger partial charge < -0.3 is 19.9 Å². The summed E-state index contributed by atoms with van der Waals surface area (Å²) in [4.78, 5) is 49.1. The van der Waals surface area contributed by atoms with E-state index in [4.69, 9.17) is 4.74 Å². The topological polar surface area (TPSA) is 131 Å². The van der Waals surface area contributed by atoms with Gasteiger partial charge in [-0.25, -0.2) is 14.9 Å². The van der Waals surface area contributed by atoms with Gasteiger partial charge in [0.2, 0.25) is 0 Å². The van der Waals surface area contributed by atoms with E-state index in [2.05, 4.69) is 56.6 Å². The number of rotatable bonds is 5. The van der Waals surface area contributed by atoms with E-state index in [0.717, 1.165) is 70.6 Å². The number of urea groups is 1. The minimum absolute atomic E-state index is 0.122. The number of carboxylic acids is 1. The van der Waals surface area contributed by atoms with Crippen molar-refractivity contribution in [3.05, 3.63) is 12.7 Å². The average molecular weight is 659 g/mol. The van der Waals surface area contributed by atoms with Crippen LogP contribution in [0.15, 0.2) is 12.7 Å². The van der Waals surface area contributed by atoms with Gasteiger partial charge in [0.25, 0.3) is 0 Å². The molecule has 0 aliphatic heterocycles. The smallest absolute Gasteiger partial charge is 0.415 e. The van der Waals surface area contributed by atoms with E-state index in [-0.39, 0.29) is 39.7 Å². The van der Waals surface area contributed by atoms with Crippen LogP contribution >= 0.6 is 0 Å². The van der Waals surface area contributed by atoms with Crippen molar-refractivity contribution < 1.29 is 33.8 Å². The number of alkyl carbamates (subject to hydrolysis) is 1. The first-order valence-electron chi connectivity index (χ1n) is 17.9. The maximum Gasteiger partial charge on any atom is 0.415 e. The number of allylic oxidation sites excluding steroid dienone is 1. The Hall–Kier alpha value is -2.58. The van der Waals surface area contributed by atoms with Gasteiger partial charge in [0.15, 0.2) is 0 Å². The van der Waals surface area contributed by atoms with Gasteiger partial charge in [-0.15, -0.1) is 6.58 Å². The molecule has 5 saturated carbocycles. The Balaban J connectivity index is 0.00000160. The molecule has 0 aromatic rings. The number of hydrogen-bond donors (Lipinski definition) is 3. The number of carbonyl (C=O) groups is 4. The second-order valence-corrected chi connectivity index (χ2v) is 17.5. The summed E-state index contributed by atoms with van der Waals surface area (Å²) in [7, 11) is 1.27. The molecule has 0 spiro atoms. The molecule has 0 heterocycles. The molecule has 0 bridgehead atoms. The Morgan fingerprint density at radius 1 is 0.872 bits per heavy atom. The summed E-state index contributed by atoms with van der Waals surface area (Å²) in [6.07, 6.45) is 12.2. The normalized spacial score (nSPS) is 40.0. The molecule has 0 radical (unpaired) electrons. The lowest BCUT2D eigenvalue weighted by molar-refractivity contribution is -0.244. The van der Waals surface area contributed by atoms with Crippen LogP contribution in [0.4, 0.5) is 9.59 Å². The van der Waals surface area contributed by atoms with Gasteiger partial charge in [0, 0.05) is 11.0 Å². The van der Waals surface area contributed by atoms with Gasteiger partial charge >= 0.3 is 24.1 Å². The fourth-order valence-electron chi connectivity index (χ4n) is 12.0. The molecular weight excluding hydrogens is 596 g/mol. The van der Waals surface area contributed by atoms with E-state index in [9.17, 15) is 24.3 Å². The Bertz CT molecular complexity index is 1250. The number of methoxy groups -OCH3 is 1. The summed E-state index contributed by atoms with van der Waals surface area (Å²) in [6, 6.07) is -0.452. The second-order valence-electron chi connectivity index (χ2n) is 17.5. The molecule has 0 saturated heterocycles. The fraction of sp³-hybridized carbons (Fsp3) is 0.842. The highest BCUT2D eigenvalue weighted by molar-refractivity contribution is 5.91. The third-order valence-electron chi connectivity index (χ3n) is 14.5. The standard InChI is InChI=1S/C35H56N2O7.C3H6/c1-30(2,27(39)40)20-26(38)44-25-14-16-32(5)23(31(25,3)4)13-17-34(7)24(32)12-11-21-22-10-9-15-35(22,19-18-33(21,34)6)37-28(41)36-29(42)43-8;1-3-2/h21-25H,9-20H2,1-8H3,(H,39,40)(H2,36,37,41,42);3H,1H2,2H3/t21?,22?,23?,24?,25?,32?,33-,34?,35?;/m1./s1. The maximum absolute atomic E-state index is 13.0. The van der Waals surface area contributed by atoms with Gasteiger partial charge in [0.1, 0.15) is 6.10 Å². The van der Waals surface area contributed by atoms with Crippen LogP contribution in [-0.2, 0) is 19.1 Å². The van der Waals surface area contributed by atoms with Crippen LogP contribution in [0, 0.1) is 50.7 Å². The summed E-state index contributed by atoms with van der Waals surface area (Å²) in [6.45, 7) is 20.6. The Morgan fingerprint density at radius 2 is 1.53 bits per heavy atom. The van der Waals surface area contributed by atoms with E-state index < -0.39 is 29.5 Å². The van der Waals surface area contributed by atoms with Gasteiger partial charge in [-0.05, 0) is 125 Å². The van der Waals surface area contributed by atoms with Gasteiger partial charge in [-0.3, -0.25) is 9.59 Å². The zero-order chi connectivity index (χ0) is 35.2. The van der Waals surface area contributed by atoms with Gasteiger partial charge in [-0.1, -0.05) is 47.1 Å². The van der Waals surface area contributed by atoms with Crippen LogP contribution in [0.1, 0.15) is 132 Å². The number of ether oxygens (including phenoxy) is 2. The molecule has 8 unspecified atom stereocenters. The third-order valence-corrected chi connectivity index (χ3v) is 14.5. The highest BCUT2D eigenvalue weighted by Gasteiger charge is 2.70. The maximum atomic E-state index is 13.0. The van der Waals surface area contributed by atoms with Crippen molar-refractivity contribution in [3.63, 3.8) is 0 Å². The minimum atomic E-state index is -1.15. The Morgan fingerprint density at radius 3 is 2.15 bits per heavy atom. The predicted octanol–water partition coefficient (Wildman–Crippen LogP) is 8.26. The van der Waals surface area contributed by atoms with Crippen LogP contribution < -0.4 is 10.6 Å². The molecule has 0 aromatic carbocycles. The van der Waals surface area contributed by atoms with Crippen molar-refractivity contribution in [2.45, 2.75) is 144 Å². The first-order chi connectivity index (χ1) is 21.8. The van der Waals surface area contributed by atoms with Crippen LogP contribution in [0.5, 0.6) is 0 Å². The third kappa shape index (κ3) is 6.22. The van der Waals surface area contributed by atoms with Crippen molar-refractivity contribution in [2.75, 3.05) is 7.11 Å². The van der Waals surface area contributed by atoms with Crippen LogP contribution in [0.2, 0.25) is 0 Å². The molecule has 5 rings (SSSR count). The molecule has 3 N–H and O–H groups in total. The van der Waals surface area contributed by atoms with E-state index in [1.54, 1.807) is 19.9 Å². The molecule has 9 atom stereocenters. The van der Waals surface area contributed by atoms with Crippen LogP contribution in [0.3, 0.4) is 0 Å². The number of nitrogens with one attached hydrogen (secondary N) is 2. The molecule has 0 aromatic heterocycles. The van der Waals surface area contributed by atoms with Crippen molar-refractivity contribution >= 4 is 24.1 Å². The lowest BCUT2D eigenvalue weighted by Crippen LogP contribution is -2.69. The lowest BCUT2D eigenvalue weighted by Gasteiger charge is -2.72. The molecule has 9 nitrogen and oxygen atoms in total. The van der Waals surface area contributed by atoms with Crippen LogP contribution in [0.25, 0.3) is 0 Å².